The fourth-order valence-corrected chi connectivity index (χ4v) is 10.0. The maximum Gasteiger partial charge on any atom is 0.0462 e. The SMILES string of the molecule is C(=Cc1ccc(-c2ccc(N(c3ccc(-c4ccc(C=Cc5ccc(-c6ccccc6)cc5)cc4)cc3)c3ccc(-c4ccc(C=Cc5ccc(-c6ccccc6)cc5)cc4)cc3)cc2)cc1)c1ccc(-c2ccccc2)cc1. The van der Waals surface area contributed by atoms with Gasteiger partial charge in [0.25, 0.3) is 0 Å². The topological polar surface area (TPSA) is 3.24 Å². The second kappa shape index (κ2) is 23.7. The summed E-state index contributed by atoms with van der Waals surface area (Å²) in [4.78, 5) is 2.35. The number of hydrogen-bond donors (Lipinski definition) is 0. The molecule has 1 nitrogen and oxygen atoms in total. The molecule has 0 atom stereocenters. The highest BCUT2D eigenvalue weighted by atomic mass is 15.1. The number of nitrogens with zero attached hydrogens (tertiary/aromatic N) is 1. The van der Waals surface area contributed by atoms with Crippen LogP contribution in [0.4, 0.5) is 17.1 Å². The molecule has 0 spiro atoms. The molecule has 0 fully saturated rings. The van der Waals surface area contributed by atoms with Gasteiger partial charge < -0.3 is 4.90 Å². The van der Waals surface area contributed by atoms with E-state index in [9.17, 15) is 0 Å². The van der Waals surface area contributed by atoms with E-state index in [1.807, 2.05) is 0 Å². The van der Waals surface area contributed by atoms with Crippen molar-refractivity contribution < 1.29 is 0 Å². The quantitative estimate of drug-likeness (QED) is 0.0925. The fourth-order valence-electron chi connectivity index (χ4n) is 10.0. The summed E-state index contributed by atoms with van der Waals surface area (Å²) in [5.74, 6) is 0. The Kier molecular flexibility index (Phi) is 14.9. The largest absolute Gasteiger partial charge is 0.311 e. The summed E-state index contributed by atoms with van der Waals surface area (Å²) >= 11 is 0. The lowest BCUT2D eigenvalue weighted by atomic mass is 10.0. The third-order valence-electron chi connectivity index (χ3n) is 14.6. The summed E-state index contributed by atoms with van der Waals surface area (Å²) in [6, 6.07) is 111. The lowest BCUT2D eigenvalue weighted by Crippen LogP contribution is -2.09. The first kappa shape index (κ1) is 49.5. The summed E-state index contributed by atoms with van der Waals surface area (Å²) in [6.07, 6.45) is 13.1. The highest BCUT2D eigenvalue weighted by Gasteiger charge is 2.14. The summed E-state index contributed by atoms with van der Waals surface area (Å²) in [5.41, 5.74) is 24.6. The highest BCUT2D eigenvalue weighted by Crippen LogP contribution is 2.38. The Hall–Kier alpha value is -10.3. The van der Waals surface area contributed by atoms with Crippen LogP contribution in [0.5, 0.6) is 0 Å². The molecule has 0 saturated heterocycles. The molecule has 1 heteroatoms. The van der Waals surface area contributed by atoms with Gasteiger partial charge in [0.05, 0.1) is 0 Å². The standard InChI is InChI=1S/C78H57N/c1-4-10-64(11-5-1)67-34-22-58(23-35-67)16-19-61-28-40-70(41-29-61)73-46-52-76(53-47-73)79(77-54-48-74(49-55-77)71-42-30-62(31-43-71)20-17-59-24-36-68(37-25-59)65-12-6-2-7-13-65)78-56-50-75(51-57-78)72-44-32-63(33-45-72)21-18-60-26-38-69(39-27-60)66-14-8-3-9-15-66/h1-57H. The molecule has 0 bridgehead atoms. The van der Waals surface area contributed by atoms with Gasteiger partial charge in [-0.25, -0.2) is 0 Å². The fraction of sp³-hybridized carbons (Fsp3) is 0. The number of hydrogen-bond acceptors (Lipinski definition) is 1. The average Bonchev–Trinajstić information content (AvgIpc) is 3.55. The molecule has 0 aromatic heterocycles. The molecule has 12 aromatic carbocycles. The molecule has 0 aliphatic rings. The summed E-state index contributed by atoms with van der Waals surface area (Å²) < 4.78 is 0. The monoisotopic (exact) mass is 1010 g/mol. The van der Waals surface area contributed by atoms with Crippen LogP contribution < -0.4 is 4.90 Å². The van der Waals surface area contributed by atoms with Gasteiger partial charge in [-0.15, -0.1) is 0 Å². The average molecular weight is 1010 g/mol. The van der Waals surface area contributed by atoms with Gasteiger partial charge >= 0.3 is 0 Å². The van der Waals surface area contributed by atoms with E-state index in [4.69, 9.17) is 0 Å². The first-order valence-electron chi connectivity index (χ1n) is 27.0. The lowest BCUT2D eigenvalue weighted by Gasteiger charge is -2.26. The second-order valence-electron chi connectivity index (χ2n) is 19.8. The maximum absolute atomic E-state index is 2.35. The highest BCUT2D eigenvalue weighted by molar-refractivity contribution is 5.83. The Balaban J connectivity index is 0.759. The van der Waals surface area contributed by atoms with Crippen LogP contribution in [0.1, 0.15) is 33.4 Å². The predicted molar refractivity (Wildman–Crippen MR) is 340 cm³/mol. The van der Waals surface area contributed by atoms with Gasteiger partial charge in [-0.05, 0) is 137 Å². The zero-order valence-electron chi connectivity index (χ0n) is 43.9. The smallest absolute Gasteiger partial charge is 0.0462 e. The van der Waals surface area contributed by atoms with Crippen molar-refractivity contribution in [3.05, 3.63) is 343 Å². The van der Waals surface area contributed by atoms with Crippen molar-refractivity contribution in [2.24, 2.45) is 0 Å². The molecule has 12 aromatic rings. The van der Waals surface area contributed by atoms with Crippen LogP contribution in [0.15, 0.2) is 309 Å². The second-order valence-corrected chi connectivity index (χ2v) is 19.8. The zero-order valence-corrected chi connectivity index (χ0v) is 43.9. The third kappa shape index (κ3) is 12.2. The van der Waals surface area contributed by atoms with Crippen LogP contribution in [0.3, 0.4) is 0 Å². The van der Waals surface area contributed by atoms with Crippen molar-refractivity contribution in [1.29, 1.82) is 0 Å². The van der Waals surface area contributed by atoms with Gasteiger partial charge in [-0.3, -0.25) is 0 Å². The molecular formula is C78H57N. The van der Waals surface area contributed by atoms with Gasteiger partial charge in [0.1, 0.15) is 0 Å². The molecular weight excluding hydrogens is 951 g/mol. The van der Waals surface area contributed by atoms with Crippen LogP contribution in [-0.2, 0) is 0 Å². The maximum atomic E-state index is 2.35. The van der Waals surface area contributed by atoms with Gasteiger partial charge in [0.2, 0.25) is 0 Å². The number of benzene rings is 12. The van der Waals surface area contributed by atoms with Crippen molar-refractivity contribution in [2.45, 2.75) is 0 Å². The van der Waals surface area contributed by atoms with E-state index in [0.29, 0.717) is 0 Å². The molecule has 0 radical (unpaired) electrons. The normalized spacial score (nSPS) is 11.4. The van der Waals surface area contributed by atoms with Crippen LogP contribution in [-0.4, -0.2) is 0 Å². The van der Waals surface area contributed by atoms with Crippen molar-refractivity contribution in [2.75, 3.05) is 4.90 Å². The van der Waals surface area contributed by atoms with E-state index in [1.54, 1.807) is 0 Å². The Labute approximate surface area is 465 Å². The van der Waals surface area contributed by atoms with Crippen molar-refractivity contribution in [1.82, 2.24) is 0 Å². The number of anilines is 3. The molecule has 0 N–H and O–H groups in total. The number of rotatable bonds is 15. The molecule has 374 valence electrons. The Morgan fingerprint density at radius 3 is 0.443 bits per heavy atom. The molecule has 0 unspecified atom stereocenters. The summed E-state index contributed by atoms with van der Waals surface area (Å²) in [6.45, 7) is 0. The van der Waals surface area contributed by atoms with Gasteiger partial charge in [0, 0.05) is 17.1 Å². The lowest BCUT2D eigenvalue weighted by molar-refractivity contribution is 1.28. The van der Waals surface area contributed by atoms with Gasteiger partial charge in [-0.2, -0.15) is 0 Å². The Morgan fingerprint density at radius 2 is 0.278 bits per heavy atom. The molecule has 0 saturated carbocycles. The van der Waals surface area contributed by atoms with E-state index in [0.717, 1.165) is 33.8 Å². The molecule has 79 heavy (non-hydrogen) atoms. The Bertz CT molecular complexity index is 3540. The molecule has 0 aliphatic carbocycles. The summed E-state index contributed by atoms with van der Waals surface area (Å²) in [5, 5.41) is 0. The first-order chi connectivity index (χ1) is 39.1. The Morgan fingerprint density at radius 1 is 0.139 bits per heavy atom. The van der Waals surface area contributed by atoms with Crippen LogP contribution in [0.25, 0.3) is 103 Å². The zero-order chi connectivity index (χ0) is 53.0. The van der Waals surface area contributed by atoms with E-state index in [1.165, 1.54) is 83.5 Å². The molecule has 0 heterocycles. The van der Waals surface area contributed by atoms with Crippen LogP contribution in [0, 0.1) is 0 Å². The predicted octanol–water partition coefficient (Wildman–Crippen LogP) is 21.7. The minimum absolute atomic E-state index is 1.08. The van der Waals surface area contributed by atoms with Crippen LogP contribution in [0.2, 0.25) is 0 Å². The van der Waals surface area contributed by atoms with E-state index >= 15 is 0 Å². The van der Waals surface area contributed by atoms with Crippen molar-refractivity contribution >= 4 is 53.5 Å². The minimum atomic E-state index is 1.08. The molecule has 0 aliphatic heterocycles. The van der Waals surface area contributed by atoms with E-state index < -0.39 is 0 Å². The van der Waals surface area contributed by atoms with Crippen molar-refractivity contribution in [3.63, 3.8) is 0 Å². The van der Waals surface area contributed by atoms with E-state index in [2.05, 4.69) is 351 Å². The van der Waals surface area contributed by atoms with Crippen molar-refractivity contribution in [3.8, 4) is 66.8 Å². The van der Waals surface area contributed by atoms with Crippen LogP contribution >= 0.6 is 0 Å². The summed E-state index contributed by atoms with van der Waals surface area (Å²) in [7, 11) is 0. The van der Waals surface area contributed by atoms with Gasteiger partial charge in [-0.1, -0.05) is 309 Å². The molecule has 12 rings (SSSR count). The first-order valence-corrected chi connectivity index (χ1v) is 27.0. The molecule has 0 amide bonds. The van der Waals surface area contributed by atoms with E-state index in [-0.39, 0.29) is 0 Å². The third-order valence-corrected chi connectivity index (χ3v) is 14.6. The van der Waals surface area contributed by atoms with Gasteiger partial charge in [0.15, 0.2) is 0 Å². The minimum Gasteiger partial charge on any atom is -0.311 e.